The van der Waals surface area contributed by atoms with Crippen molar-refractivity contribution in [3.05, 3.63) is 53.2 Å². The van der Waals surface area contributed by atoms with Crippen molar-refractivity contribution in [2.45, 2.75) is 36.3 Å². The minimum atomic E-state index is 0.0951. The maximum absolute atomic E-state index is 6.88. The molecule has 1 aromatic heterocycles. The number of hydrogen-bond acceptors (Lipinski definition) is 4. The van der Waals surface area contributed by atoms with Crippen molar-refractivity contribution < 1.29 is 0 Å². The van der Waals surface area contributed by atoms with Crippen molar-refractivity contribution >= 4 is 35.1 Å². The number of pyridine rings is 1. The van der Waals surface area contributed by atoms with Crippen LogP contribution >= 0.6 is 23.5 Å². The Morgan fingerprint density at radius 1 is 1.16 bits per heavy atom. The van der Waals surface area contributed by atoms with E-state index in [0.717, 1.165) is 52.3 Å². The Morgan fingerprint density at radius 3 is 2.64 bits per heavy atom. The number of anilines is 2. The van der Waals surface area contributed by atoms with E-state index in [2.05, 4.69) is 51.4 Å². The summed E-state index contributed by atoms with van der Waals surface area (Å²) in [5.41, 5.74) is 4.58. The highest BCUT2D eigenvalue weighted by Crippen LogP contribution is 2.49. The Morgan fingerprint density at radius 2 is 1.92 bits per heavy atom. The van der Waals surface area contributed by atoms with Gasteiger partial charge in [-0.3, -0.25) is 0 Å². The van der Waals surface area contributed by atoms with Gasteiger partial charge in [0.15, 0.2) is 0 Å². The van der Waals surface area contributed by atoms with Crippen molar-refractivity contribution in [3.63, 3.8) is 0 Å². The molecule has 2 N–H and O–H groups in total. The van der Waals surface area contributed by atoms with Gasteiger partial charge in [-0.2, -0.15) is 0 Å². The van der Waals surface area contributed by atoms with Crippen LogP contribution in [0.3, 0.4) is 0 Å². The van der Waals surface area contributed by atoms with Crippen LogP contribution in [0, 0.1) is 0 Å². The molecule has 2 aliphatic carbocycles. The lowest BCUT2D eigenvalue weighted by Crippen LogP contribution is -2.25. The summed E-state index contributed by atoms with van der Waals surface area (Å²) in [6.45, 7) is 0.923. The molecule has 1 spiro atoms. The van der Waals surface area contributed by atoms with Gasteiger partial charge in [-0.25, -0.2) is 4.98 Å². The summed E-state index contributed by atoms with van der Waals surface area (Å²) < 4.78 is 3.43. The lowest BCUT2D eigenvalue weighted by atomic mass is 9.80. The minimum absolute atomic E-state index is 0.0951. The molecule has 2 heterocycles. The maximum Gasteiger partial charge on any atom is 0.131 e. The molecule has 1 fully saturated rings. The molecule has 0 bridgehead atoms. The number of hydrogen-bond donors (Lipinski definition) is 2. The lowest BCUT2D eigenvalue weighted by molar-refractivity contribution is 0.509. The van der Waals surface area contributed by atoms with E-state index in [4.69, 9.17) is 11.6 Å². The summed E-state index contributed by atoms with van der Waals surface area (Å²) in [7, 11) is 0. The first-order valence-electron chi connectivity index (χ1n) is 8.85. The fourth-order valence-corrected chi connectivity index (χ4v) is 5.01. The zero-order valence-electron chi connectivity index (χ0n) is 13.9. The summed E-state index contributed by atoms with van der Waals surface area (Å²) in [6.07, 6.45) is 11.2. The zero-order chi connectivity index (χ0) is 16.9. The number of rotatable bonds is 4. The Hall–Kier alpha value is -1.65. The van der Waals surface area contributed by atoms with E-state index < -0.39 is 0 Å². The quantitative estimate of drug-likeness (QED) is 0.540. The van der Waals surface area contributed by atoms with Gasteiger partial charge in [0.2, 0.25) is 0 Å². The fourth-order valence-electron chi connectivity index (χ4n) is 3.75. The van der Waals surface area contributed by atoms with Gasteiger partial charge in [-0.1, -0.05) is 35.9 Å². The first kappa shape index (κ1) is 15.6. The molecule has 3 aliphatic rings. The van der Waals surface area contributed by atoms with Gasteiger partial charge in [0.25, 0.3) is 0 Å². The van der Waals surface area contributed by atoms with Crippen molar-refractivity contribution in [1.29, 1.82) is 0 Å². The largest absolute Gasteiger partial charge is 0.369 e. The van der Waals surface area contributed by atoms with Gasteiger partial charge in [0.1, 0.15) is 5.82 Å². The number of halogens is 1. The summed E-state index contributed by atoms with van der Waals surface area (Å²) in [6, 6.07) is 8.51. The summed E-state index contributed by atoms with van der Waals surface area (Å²) >= 11 is 8.71. The summed E-state index contributed by atoms with van der Waals surface area (Å²) in [5, 5.41) is 5.09. The second-order valence-corrected chi connectivity index (χ2v) is 8.70. The zero-order valence-corrected chi connectivity index (χ0v) is 15.5. The molecule has 1 saturated carbocycles. The van der Waals surface area contributed by atoms with Gasteiger partial charge in [0.05, 0.1) is 5.02 Å². The Kier molecular flexibility index (Phi) is 3.72. The molecular weight excluding hydrogens is 350 g/mol. The SMILES string of the molecule is Clc1c(-c2ccc(NSC3CC3)cc2)cnc2c1C1(CC=CC1)CN2. The molecule has 0 radical (unpaired) electrons. The van der Waals surface area contributed by atoms with Crippen LogP contribution in [0.5, 0.6) is 0 Å². The van der Waals surface area contributed by atoms with Crippen LogP contribution in [0.4, 0.5) is 11.5 Å². The van der Waals surface area contributed by atoms with Crippen molar-refractivity contribution in [3.8, 4) is 11.1 Å². The summed E-state index contributed by atoms with van der Waals surface area (Å²) in [5.74, 6) is 0.955. The molecule has 5 heteroatoms. The molecular formula is C20H20ClN3S. The Labute approximate surface area is 157 Å². The van der Waals surface area contributed by atoms with Crippen LogP contribution in [0.1, 0.15) is 31.2 Å². The van der Waals surface area contributed by atoms with E-state index in [1.165, 1.54) is 18.4 Å². The van der Waals surface area contributed by atoms with Gasteiger partial charge < -0.3 is 10.0 Å². The Bertz CT molecular complexity index is 835. The molecule has 0 saturated heterocycles. The number of allylic oxidation sites excluding steroid dienone is 2. The number of nitrogens with one attached hydrogen (secondary N) is 2. The first-order chi connectivity index (χ1) is 12.3. The van der Waals surface area contributed by atoms with E-state index in [9.17, 15) is 0 Å². The van der Waals surface area contributed by atoms with Crippen LogP contribution in [-0.4, -0.2) is 16.8 Å². The molecule has 0 atom stereocenters. The molecule has 0 amide bonds. The van der Waals surface area contributed by atoms with Crippen LogP contribution in [0.25, 0.3) is 11.1 Å². The smallest absolute Gasteiger partial charge is 0.131 e. The predicted octanol–water partition coefficient (Wildman–Crippen LogP) is 5.64. The molecule has 25 heavy (non-hydrogen) atoms. The minimum Gasteiger partial charge on any atom is -0.369 e. The van der Waals surface area contributed by atoms with E-state index in [1.54, 1.807) is 0 Å². The maximum atomic E-state index is 6.88. The topological polar surface area (TPSA) is 37.0 Å². The lowest BCUT2D eigenvalue weighted by Gasteiger charge is -2.24. The number of benzene rings is 1. The number of fused-ring (bicyclic) bond motifs is 2. The molecule has 3 nitrogen and oxygen atoms in total. The number of aromatic nitrogens is 1. The van der Waals surface area contributed by atoms with Gasteiger partial charge >= 0.3 is 0 Å². The standard InChI is InChI=1S/C20H20ClN3S/c21-18-16(13-3-5-14(6-4-13)24-25-15-7-8-15)11-22-19-17(18)20(12-23-19)9-1-2-10-20/h1-6,11,15,24H,7-10,12H2,(H,22,23). The van der Waals surface area contributed by atoms with E-state index >= 15 is 0 Å². The van der Waals surface area contributed by atoms with Gasteiger partial charge in [-0.05, 0) is 55.3 Å². The van der Waals surface area contributed by atoms with Crippen LogP contribution in [0.2, 0.25) is 5.02 Å². The van der Waals surface area contributed by atoms with Crippen molar-refractivity contribution in [1.82, 2.24) is 4.98 Å². The average molecular weight is 370 g/mol. The molecule has 5 rings (SSSR count). The van der Waals surface area contributed by atoms with E-state index in [1.807, 2.05) is 18.1 Å². The summed E-state index contributed by atoms with van der Waals surface area (Å²) in [4.78, 5) is 4.66. The van der Waals surface area contributed by atoms with E-state index in [-0.39, 0.29) is 5.41 Å². The third kappa shape index (κ3) is 2.72. The predicted molar refractivity (Wildman–Crippen MR) is 107 cm³/mol. The second-order valence-electron chi connectivity index (χ2n) is 7.22. The molecule has 1 aliphatic heterocycles. The van der Waals surface area contributed by atoms with Crippen LogP contribution in [-0.2, 0) is 5.41 Å². The van der Waals surface area contributed by atoms with Gasteiger partial charge in [-0.15, -0.1) is 0 Å². The third-order valence-corrected chi connectivity index (χ3v) is 6.94. The normalized spacial score (nSPS) is 19.9. The first-order valence-corrected chi connectivity index (χ1v) is 10.1. The molecule has 2 aromatic rings. The number of nitrogens with zero attached hydrogens (tertiary/aromatic N) is 1. The van der Waals surface area contributed by atoms with Crippen LogP contribution in [0.15, 0.2) is 42.6 Å². The highest BCUT2D eigenvalue weighted by Gasteiger charge is 2.42. The van der Waals surface area contributed by atoms with E-state index in [0.29, 0.717) is 0 Å². The fraction of sp³-hybridized carbons (Fsp3) is 0.350. The highest BCUT2D eigenvalue weighted by atomic mass is 35.5. The van der Waals surface area contributed by atoms with Crippen LogP contribution < -0.4 is 10.0 Å². The second kappa shape index (κ2) is 5.96. The van der Waals surface area contributed by atoms with Crippen molar-refractivity contribution in [2.24, 2.45) is 0 Å². The average Bonchev–Trinajstić information content (AvgIpc) is 3.23. The van der Waals surface area contributed by atoms with Gasteiger partial charge in [0, 0.05) is 40.2 Å². The Balaban J connectivity index is 1.46. The highest BCUT2D eigenvalue weighted by molar-refractivity contribution is 8.01. The molecule has 0 unspecified atom stereocenters. The monoisotopic (exact) mass is 369 g/mol. The molecule has 128 valence electrons. The third-order valence-electron chi connectivity index (χ3n) is 5.39. The van der Waals surface area contributed by atoms with Crippen molar-refractivity contribution in [2.75, 3.05) is 16.6 Å². The molecule has 1 aromatic carbocycles.